The number of aliphatic imine (C=N–C) groups is 1. The Kier molecular flexibility index (Phi) is 9.61. The molecular weight excluding hydrogens is 551 g/mol. The van der Waals surface area contributed by atoms with Crippen LogP contribution in [0.5, 0.6) is 5.75 Å². The summed E-state index contributed by atoms with van der Waals surface area (Å²) in [5.74, 6) is -0.116. The number of hydrogen-bond acceptors (Lipinski definition) is 8. The molecule has 1 fully saturated rings. The van der Waals surface area contributed by atoms with Gasteiger partial charge in [0.2, 0.25) is 15.9 Å². The lowest BCUT2D eigenvalue weighted by molar-refractivity contribution is -0.125. The first-order valence-corrected chi connectivity index (χ1v) is 15.2. The third-order valence-electron chi connectivity index (χ3n) is 7.43. The van der Waals surface area contributed by atoms with Crippen LogP contribution in [-0.4, -0.2) is 93.4 Å². The summed E-state index contributed by atoms with van der Waals surface area (Å²) in [6, 6.07) is 11.8. The number of amidine groups is 1. The van der Waals surface area contributed by atoms with E-state index < -0.39 is 15.6 Å². The van der Waals surface area contributed by atoms with Gasteiger partial charge in [0, 0.05) is 42.0 Å². The molecule has 1 saturated heterocycles. The first-order valence-electron chi connectivity index (χ1n) is 13.5. The number of carbonyl (C=O) groups excluding carboxylic acids is 2. The minimum Gasteiger partial charge on any atom is -0.376 e. The predicted molar refractivity (Wildman–Crippen MR) is 155 cm³/mol. The zero-order chi connectivity index (χ0) is 29.6. The number of rotatable bonds is 12. The number of sulfonamides is 1. The Labute approximate surface area is 240 Å². The van der Waals surface area contributed by atoms with Crippen LogP contribution in [-0.2, 0) is 26.0 Å². The number of piperidine rings is 1. The molecule has 0 aliphatic carbocycles. The lowest BCUT2D eigenvalue weighted by Crippen LogP contribution is -2.50. The largest absolute Gasteiger partial charge is 0.376 e. The van der Waals surface area contributed by atoms with E-state index in [-0.39, 0.29) is 55.8 Å². The maximum atomic E-state index is 13.2. The van der Waals surface area contributed by atoms with Crippen molar-refractivity contribution in [2.75, 3.05) is 57.9 Å². The van der Waals surface area contributed by atoms with Crippen LogP contribution in [0.4, 0.5) is 10.2 Å². The topological polar surface area (TPSA) is 132 Å². The average molecular weight is 589 g/mol. The van der Waals surface area contributed by atoms with E-state index in [4.69, 9.17) is 0 Å². The molecule has 0 radical (unpaired) electrons. The average Bonchev–Trinajstić information content (AvgIpc) is 3.26. The Morgan fingerprint density at radius 3 is 2.63 bits per heavy atom. The Bertz CT molecular complexity index is 1410. The summed E-state index contributed by atoms with van der Waals surface area (Å²) in [6.07, 6.45) is 0.850. The van der Waals surface area contributed by atoms with Crippen molar-refractivity contribution in [2.45, 2.75) is 31.7 Å². The van der Waals surface area contributed by atoms with Crippen molar-refractivity contribution in [3.63, 3.8) is 0 Å². The van der Waals surface area contributed by atoms with Gasteiger partial charge in [0.15, 0.2) is 5.75 Å². The predicted octanol–water partition coefficient (Wildman–Crippen LogP) is 1.63. The van der Waals surface area contributed by atoms with Gasteiger partial charge in [0.25, 0.3) is 5.91 Å². The van der Waals surface area contributed by atoms with Crippen molar-refractivity contribution in [2.24, 2.45) is 4.99 Å². The highest BCUT2D eigenvalue weighted by atomic mass is 32.2. The van der Waals surface area contributed by atoms with Gasteiger partial charge in [-0.1, -0.05) is 18.2 Å². The zero-order valence-corrected chi connectivity index (χ0v) is 24.4. The van der Waals surface area contributed by atoms with Crippen LogP contribution in [0.2, 0.25) is 0 Å². The lowest BCUT2D eigenvalue weighted by atomic mass is 9.89. The normalized spacial score (nSPS) is 16.9. The molecule has 2 aliphatic heterocycles. The van der Waals surface area contributed by atoms with Crippen LogP contribution in [0.25, 0.3) is 0 Å². The van der Waals surface area contributed by atoms with Gasteiger partial charge in [-0.25, -0.2) is 12.7 Å². The van der Waals surface area contributed by atoms with E-state index in [0.717, 1.165) is 23.4 Å². The molecule has 2 aromatic rings. The maximum Gasteiger partial charge on any atom is 0.253 e. The molecule has 1 spiro atoms. The van der Waals surface area contributed by atoms with Gasteiger partial charge >= 0.3 is 0 Å². The second-order valence-corrected chi connectivity index (χ2v) is 12.8. The van der Waals surface area contributed by atoms with Gasteiger partial charge in [0.1, 0.15) is 11.4 Å². The second kappa shape index (κ2) is 13.0. The number of likely N-dealkylation sites (N-methyl/N-ethyl adjacent to an activating group) is 1. The van der Waals surface area contributed by atoms with Gasteiger partial charge in [-0.05, 0) is 75.7 Å². The number of hydrogen-bond donors (Lipinski definition) is 3. The maximum absolute atomic E-state index is 13.2. The number of amides is 2. The molecule has 222 valence electrons. The van der Waals surface area contributed by atoms with Crippen molar-refractivity contribution in [1.29, 1.82) is 0 Å². The van der Waals surface area contributed by atoms with E-state index in [1.807, 2.05) is 44.1 Å². The fourth-order valence-corrected chi connectivity index (χ4v) is 6.41. The van der Waals surface area contributed by atoms with Crippen LogP contribution in [0.15, 0.2) is 47.5 Å². The number of anilines is 1. The summed E-state index contributed by atoms with van der Waals surface area (Å²) >= 11 is 0. The fraction of sp³-hybridized carbons (Fsp3) is 0.464. The fourth-order valence-electron chi connectivity index (χ4n) is 4.94. The van der Waals surface area contributed by atoms with E-state index >= 15 is 0 Å². The second-order valence-electron chi connectivity index (χ2n) is 10.7. The highest BCUT2D eigenvalue weighted by Gasteiger charge is 2.47. The Morgan fingerprint density at radius 1 is 1.20 bits per heavy atom. The summed E-state index contributed by atoms with van der Waals surface area (Å²) in [4.78, 5) is 35.2. The number of nitrogens with zero attached hydrogens (tertiary/aromatic N) is 3. The highest BCUT2D eigenvalue weighted by molar-refractivity contribution is 7.89. The molecule has 2 aromatic carbocycles. The molecule has 0 unspecified atom stereocenters. The summed E-state index contributed by atoms with van der Waals surface area (Å²) in [7, 11) is 0.324. The molecule has 2 amide bonds. The standard InChI is InChI=1S/C28H37FN6O5S/c1-20-17-23(31-19-25(36)30-12-15-34(2)3)8-7-21(20)9-16-41(38,39)35-13-10-28(11-14-35)27(37)32-26(33-28)22-5-4-6-24(18-22)40-29/h4-8,17-18,31H,9-16,19H2,1-3H3,(H,30,36)(H,32,33,37). The molecule has 0 saturated carbocycles. The van der Waals surface area contributed by atoms with Gasteiger partial charge in [-0.15, -0.1) is 0 Å². The summed E-state index contributed by atoms with van der Waals surface area (Å²) in [5.41, 5.74) is 2.10. The van der Waals surface area contributed by atoms with Crippen LogP contribution < -0.4 is 20.9 Å². The molecule has 0 bridgehead atoms. The van der Waals surface area contributed by atoms with E-state index in [9.17, 15) is 22.5 Å². The zero-order valence-electron chi connectivity index (χ0n) is 23.6. The molecule has 0 atom stereocenters. The first kappa shape index (κ1) is 30.4. The van der Waals surface area contributed by atoms with E-state index in [2.05, 4.69) is 25.9 Å². The molecule has 2 heterocycles. The number of halogens is 1. The molecular formula is C28H37FN6O5S. The third kappa shape index (κ3) is 7.60. The highest BCUT2D eigenvalue weighted by Crippen LogP contribution is 2.32. The van der Waals surface area contributed by atoms with Gasteiger partial charge in [-0.3, -0.25) is 19.5 Å². The van der Waals surface area contributed by atoms with Crippen molar-refractivity contribution >= 4 is 33.4 Å². The summed E-state index contributed by atoms with van der Waals surface area (Å²) in [5, 5.41) is 8.71. The number of carbonyl (C=O) groups is 2. The van der Waals surface area contributed by atoms with E-state index in [1.54, 1.807) is 12.1 Å². The minimum absolute atomic E-state index is 0.000937. The molecule has 41 heavy (non-hydrogen) atoms. The van der Waals surface area contributed by atoms with Crippen LogP contribution in [0.1, 0.15) is 29.5 Å². The lowest BCUT2D eigenvalue weighted by Gasteiger charge is -2.34. The molecule has 3 N–H and O–H groups in total. The van der Waals surface area contributed by atoms with Crippen LogP contribution >= 0.6 is 0 Å². The molecule has 2 aliphatic rings. The van der Waals surface area contributed by atoms with Crippen LogP contribution in [0, 0.1) is 6.92 Å². The molecule has 11 nitrogen and oxygen atoms in total. The number of benzene rings is 2. The van der Waals surface area contributed by atoms with Gasteiger partial charge in [0.05, 0.1) is 12.3 Å². The van der Waals surface area contributed by atoms with Crippen molar-refractivity contribution in [3.05, 3.63) is 59.2 Å². The van der Waals surface area contributed by atoms with E-state index in [0.29, 0.717) is 24.4 Å². The quantitative estimate of drug-likeness (QED) is 0.343. The molecule has 0 aromatic heterocycles. The Balaban J connectivity index is 1.29. The van der Waals surface area contributed by atoms with Crippen LogP contribution in [0.3, 0.4) is 0 Å². The smallest absolute Gasteiger partial charge is 0.253 e. The molecule has 13 heteroatoms. The summed E-state index contributed by atoms with van der Waals surface area (Å²) < 4.78 is 40.3. The van der Waals surface area contributed by atoms with Crippen molar-refractivity contribution in [3.8, 4) is 5.75 Å². The van der Waals surface area contributed by atoms with Gasteiger partial charge in [-0.2, -0.15) is 0 Å². The Hall–Kier alpha value is -3.55. The number of aryl methyl sites for hydroxylation is 2. The van der Waals surface area contributed by atoms with Gasteiger partial charge < -0.3 is 20.9 Å². The Morgan fingerprint density at radius 2 is 1.95 bits per heavy atom. The van der Waals surface area contributed by atoms with Crippen molar-refractivity contribution in [1.82, 2.24) is 19.8 Å². The SMILES string of the molecule is Cc1cc(NCC(=O)NCCN(C)C)ccc1CCS(=O)(=O)N1CCC2(CC1)N=C(c1cccc(OF)c1)NC2=O. The van der Waals surface area contributed by atoms with Crippen molar-refractivity contribution < 1.29 is 27.5 Å². The summed E-state index contributed by atoms with van der Waals surface area (Å²) in [6.45, 7) is 3.76. The monoisotopic (exact) mass is 588 g/mol. The van der Waals surface area contributed by atoms with E-state index in [1.165, 1.54) is 16.4 Å². The first-order chi connectivity index (χ1) is 19.5. The number of nitrogens with one attached hydrogen (secondary N) is 3. The third-order valence-corrected chi connectivity index (χ3v) is 9.30. The minimum atomic E-state index is -3.56. The molecule has 4 rings (SSSR count).